The fraction of sp³-hybridized carbons (Fsp3) is 0.233. The van der Waals surface area contributed by atoms with Crippen molar-refractivity contribution in [3.63, 3.8) is 0 Å². The fourth-order valence-corrected chi connectivity index (χ4v) is 4.34. The van der Waals surface area contributed by atoms with Crippen LogP contribution in [0.3, 0.4) is 0 Å². The Hall–Kier alpha value is -4.23. The van der Waals surface area contributed by atoms with Gasteiger partial charge < -0.3 is 24.9 Å². The third-order valence-corrected chi connectivity index (χ3v) is 6.35. The highest BCUT2D eigenvalue weighted by Crippen LogP contribution is 2.31. The van der Waals surface area contributed by atoms with Gasteiger partial charge >= 0.3 is 0 Å². The molecule has 1 fully saturated rings. The van der Waals surface area contributed by atoms with Crippen LogP contribution in [0.1, 0.15) is 18.1 Å². The zero-order valence-electron chi connectivity index (χ0n) is 21.8. The van der Waals surface area contributed by atoms with Gasteiger partial charge in [0.05, 0.1) is 17.1 Å². The average molecular weight is 560 g/mol. The zero-order valence-corrected chi connectivity index (χ0v) is 22.5. The first-order valence-electron chi connectivity index (χ1n) is 12.7. The summed E-state index contributed by atoms with van der Waals surface area (Å²) in [6, 6.07) is 17.3. The number of rotatable bonds is 9. The molecule has 0 bridgehead atoms. The van der Waals surface area contributed by atoms with Crippen molar-refractivity contribution in [2.45, 2.75) is 19.6 Å². The molecule has 1 unspecified atom stereocenters. The van der Waals surface area contributed by atoms with E-state index in [-0.39, 0.29) is 18.5 Å². The van der Waals surface area contributed by atoms with Gasteiger partial charge in [0, 0.05) is 29.7 Å². The fourth-order valence-electron chi connectivity index (χ4n) is 4.10. The first-order chi connectivity index (χ1) is 19.6. The Kier molecular flexibility index (Phi) is 9.04. The number of hydrogen-bond donors (Lipinski definition) is 2. The predicted molar refractivity (Wildman–Crippen MR) is 154 cm³/mol. The monoisotopic (exact) mass is 559 g/mol. The highest BCUT2D eigenvalue weighted by molar-refractivity contribution is 6.32. The van der Waals surface area contributed by atoms with Gasteiger partial charge in [0.2, 0.25) is 0 Å². The maximum absolute atomic E-state index is 13.4. The third kappa shape index (κ3) is 7.04. The van der Waals surface area contributed by atoms with Gasteiger partial charge in [-0.2, -0.15) is 0 Å². The van der Waals surface area contributed by atoms with Gasteiger partial charge in [0.1, 0.15) is 43.0 Å². The lowest BCUT2D eigenvalue weighted by Crippen LogP contribution is -2.40. The van der Waals surface area contributed by atoms with Crippen LogP contribution in [0.15, 0.2) is 72.1 Å². The molecule has 0 amide bonds. The Morgan fingerprint density at radius 1 is 1.20 bits per heavy atom. The topological polar surface area (TPSA) is 89.9 Å². The number of aromatic nitrogens is 2. The van der Waals surface area contributed by atoms with Crippen molar-refractivity contribution < 1.29 is 18.7 Å². The van der Waals surface area contributed by atoms with E-state index in [1.807, 2.05) is 24.3 Å². The number of hydrogen-bond acceptors (Lipinski definition) is 8. The van der Waals surface area contributed by atoms with Gasteiger partial charge in [-0.1, -0.05) is 34.8 Å². The molecule has 204 valence electrons. The van der Waals surface area contributed by atoms with E-state index >= 15 is 0 Å². The number of anilines is 2. The minimum Gasteiger partial charge on any atom is -0.487 e. The molecule has 1 aromatic heterocycles. The van der Waals surface area contributed by atoms with Crippen LogP contribution in [0.4, 0.5) is 15.9 Å². The van der Waals surface area contributed by atoms with Crippen molar-refractivity contribution in [2.24, 2.45) is 5.16 Å². The Balaban J connectivity index is 1.33. The van der Waals surface area contributed by atoms with Crippen molar-refractivity contribution in [1.29, 1.82) is 0 Å². The van der Waals surface area contributed by atoms with Crippen LogP contribution in [-0.2, 0) is 16.2 Å². The van der Waals surface area contributed by atoms with Crippen molar-refractivity contribution in [3.05, 3.63) is 89.0 Å². The Bertz CT molecular complexity index is 1580. The lowest BCUT2D eigenvalue weighted by molar-refractivity contribution is -0.0300. The first-order valence-corrected chi connectivity index (χ1v) is 13.1. The van der Waals surface area contributed by atoms with Gasteiger partial charge in [-0.3, -0.25) is 0 Å². The first kappa shape index (κ1) is 27.3. The van der Waals surface area contributed by atoms with E-state index < -0.39 is 0 Å². The van der Waals surface area contributed by atoms with E-state index in [2.05, 4.69) is 37.6 Å². The summed E-state index contributed by atoms with van der Waals surface area (Å²) in [6.45, 7) is 4.47. The quantitative estimate of drug-likeness (QED) is 0.159. The number of morpholine rings is 1. The predicted octanol–water partition coefficient (Wildman–Crippen LogP) is 5.48. The molecule has 2 N–H and O–H groups in total. The summed E-state index contributed by atoms with van der Waals surface area (Å²) >= 11 is 6.49. The summed E-state index contributed by atoms with van der Waals surface area (Å²) in [4.78, 5) is 14.4. The van der Waals surface area contributed by atoms with E-state index in [0.29, 0.717) is 46.8 Å². The molecule has 2 heterocycles. The van der Waals surface area contributed by atoms with Gasteiger partial charge in [-0.05, 0) is 66.9 Å². The van der Waals surface area contributed by atoms with Crippen LogP contribution in [0.25, 0.3) is 10.9 Å². The van der Waals surface area contributed by atoms with E-state index in [1.54, 1.807) is 31.2 Å². The average Bonchev–Trinajstić information content (AvgIpc) is 2.97. The molecule has 0 spiro atoms. The van der Waals surface area contributed by atoms with Crippen LogP contribution >= 0.6 is 11.6 Å². The minimum absolute atomic E-state index is 0.0564. The molecule has 4 aromatic rings. The number of halogens is 2. The van der Waals surface area contributed by atoms with Crippen molar-refractivity contribution in [2.75, 3.05) is 31.6 Å². The number of oxime groups is 1. The maximum Gasteiger partial charge on any atom is 0.159 e. The second-order valence-corrected chi connectivity index (χ2v) is 9.36. The normalized spacial score (nSPS) is 15.3. The van der Waals surface area contributed by atoms with Gasteiger partial charge in [-0.25, -0.2) is 14.4 Å². The number of nitrogens with zero attached hydrogens (tertiary/aromatic N) is 3. The van der Waals surface area contributed by atoms with Crippen LogP contribution in [0, 0.1) is 17.7 Å². The van der Waals surface area contributed by atoms with Crippen LogP contribution < -0.4 is 15.4 Å². The summed E-state index contributed by atoms with van der Waals surface area (Å²) < 4.78 is 24.9. The molecule has 1 saturated heterocycles. The summed E-state index contributed by atoms with van der Waals surface area (Å²) in [6.07, 6.45) is 1.43. The molecule has 0 aliphatic carbocycles. The Morgan fingerprint density at radius 3 is 2.92 bits per heavy atom. The lowest BCUT2D eigenvalue weighted by atomic mass is 10.1. The van der Waals surface area contributed by atoms with E-state index in [0.717, 1.165) is 29.6 Å². The third-order valence-electron chi connectivity index (χ3n) is 6.05. The molecule has 1 aliphatic heterocycles. The highest BCUT2D eigenvalue weighted by Gasteiger charge is 2.15. The van der Waals surface area contributed by atoms with Crippen molar-refractivity contribution in [1.82, 2.24) is 15.3 Å². The molecule has 0 saturated carbocycles. The summed E-state index contributed by atoms with van der Waals surface area (Å²) in [5.74, 6) is 6.67. The Morgan fingerprint density at radius 2 is 2.12 bits per heavy atom. The molecular formula is C30H27ClFN5O3. The number of benzene rings is 3. The molecule has 40 heavy (non-hydrogen) atoms. The summed E-state index contributed by atoms with van der Waals surface area (Å²) in [5.41, 5.74) is 3.42. The highest BCUT2D eigenvalue weighted by atomic mass is 35.5. The van der Waals surface area contributed by atoms with Crippen molar-refractivity contribution in [3.8, 4) is 17.6 Å². The summed E-state index contributed by atoms with van der Waals surface area (Å²) in [5, 5.41) is 12.0. The molecule has 0 radical (unpaired) electrons. The van der Waals surface area contributed by atoms with Crippen LogP contribution in [0.2, 0.25) is 5.02 Å². The summed E-state index contributed by atoms with van der Waals surface area (Å²) in [7, 11) is 0. The Labute approximate surface area is 236 Å². The number of nitrogens with one attached hydrogen (secondary N) is 2. The second kappa shape index (κ2) is 13.2. The zero-order chi connectivity index (χ0) is 27.7. The van der Waals surface area contributed by atoms with E-state index in [9.17, 15) is 4.39 Å². The molecule has 1 aliphatic rings. The van der Waals surface area contributed by atoms with Crippen molar-refractivity contribution >= 4 is 39.7 Å². The van der Waals surface area contributed by atoms with E-state index in [4.69, 9.17) is 25.9 Å². The molecule has 3 aromatic carbocycles. The smallest absolute Gasteiger partial charge is 0.159 e. The van der Waals surface area contributed by atoms with E-state index in [1.165, 1.54) is 18.5 Å². The van der Waals surface area contributed by atoms with Gasteiger partial charge in [0.25, 0.3) is 0 Å². The second-order valence-electron chi connectivity index (χ2n) is 8.95. The maximum atomic E-state index is 13.4. The SMILES string of the molecule is CC#C/C(=N\OCC1CNCCO1)c1ccc2ncnc(Nc3ccc(OCc4cccc(F)c4)c(Cl)c3)c2c1. The lowest BCUT2D eigenvalue weighted by Gasteiger charge is -2.22. The molecule has 5 rings (SSSR count). The standard InChI is InChI=1S/C30H27ClFN5O3/c1-2-4-27(37-40-18-24-16-33-11-12-38-24)21-7-9-28-25(14-21)30(35-19-34-28)36-23-8-10-29(26(31)15-23)39-17-20-5-3-6-22(32)13-20/h3,5-10,13-15,19,24,33H,11-12,16-18H2,1H3,(H,34,35,36)/b37-27+. The number of ether oxygens (including phenoxy) is 2. The van der Waals surface area contributed by atoms with Crippen LogP contribution in [-0.4, -0.2) is 48.1 Å². The minimum atomic E-state index is -0.314. The van der Waals surface area contributed by atoms with Crippen LogP contribution in [0.5, 0.6) is 5.75 Å². The molecule has 10 heteroatoms. The largest absolute Gasteiger partial charge is 0.487 e. The van der Waals surface area contributed by atoms with Gasteiger partial charge in [0.15, 0.2) is 5.71 Å². The van der Waals surface area contributed by atoms with Gasteiger partial charge in [-0.15, -0.1) is 0 Å². The number of fused-ring (bicyclic) bond motifs is 1. The molecular weight excluding hydrogens is 533 g/mol. The molecule has 1 atom stereocenters. The molecule has 8 nitrogen and oxygen atoms in total.